The van der Waals surface area contributed by atoms with Crippen molar-refractivity contribution in [1.29, 1.82) is 0 Å². The molecule has 0 unspecified atom stereocenters. The maximum absolute atomic E-state index is 12.5. The van der Waals surface area contributed by atoms with Gasteiger partial charge in [0.05, 0.1) is 0 Å². The lowest BCUT2D eigenvalue weighted by Gasteiger charge is -2.32. The highest BCUT2D eigenvalue weighted by molar-refractivity contribution is 5.76. The summed E-state index contributed by atoms with van der Waals surface area (Å²) in [5.41, 5.74) is 1.13. The number of likely N-dealkylation sites (tertiary alicyclic amines) is 1. The van der Waals surface area contributed by atoms with Crippen molar-refractivity contribution in [3.63, 3.8) is 0 Å². The van der Waals surface area contributed by atoms with Gasteiger partial charge in [-0.2, -0.15) is 10.1 Å². The van der Waals surface area contributed by atoms with Crippen molar-refractivity contribution in [1.82, 2.24) is 25.2 Å². The van der Waals surface area contributed by atoms with E-state index in [0.29, 0.717) is 30.6 Å². The van der Waals surface area contributed by atoms with E-state index in [9.17, 15) is 4.79 Å². The van der Waals surface area contributed by atoms with Gasteiger partial charge in [0.15, 0.2) is 5.82 Å². The Kier molecular flexibility index (Phi) is 4.32. The lowest BCUT2D eigenvalue weighted by Crippen LogP contribution is -2.39. The van der Waals surface area contributed by atoms with Crippen LogP contribution in [-0.4, -0.2) is 44.2 Å². The van der Waals surface area contributed by atoms with Crippen molar-refractivity contribution in [2.45, 2.75) is 56.8 Å². The number of aryl methyl sites for hydroxylation is 1. The van der Waals surface area contributed by atoms with E-state index in [0.717, 1.165) is 43.9 Å². The molecule has 2 fully saturated rings. The van der Waals surface area contributed by atoms with E-state index in [-0.39, 0.29) is 5.91 Å². The van der Waals surface area contributed by atoms with Gasteiger partial charge in [-0.3, -0.25) is 9.89 Å². The SMILES string of the molecule is O=C(CCCc1nc(C2CC2)no1)N1CCC[C@@H](c2ccn[nH]2)C1. The van der Waals surface area contributed by atoms with Crippen LogP contribution in [0.1, 0.15) is 67.8 Å². The molecule has 7 heteroatoms. The number of carbonyl (C=O) groups is 1. The molecule has 0 aromatic carbocycles. The van der Waals surface area contributed by atoms with Crippen LogP contribution in [0.4, 0.5) is 0 Å². The zero-order valence-corrected chi connectivity index (χ0v) is 13.8. The number of H-pyrrole nitrogens is 1. The largest absolute Gasteiger partial charge is 0.342 e. The standard InChI is InChI=1S/C17H23N5O2/c23-16(5-1-4-15-19-17(21-24-15)12-6-7-12)22-10-2-3-13(11-22)14-8-9-18-20-14/h8-9,12-13H,1-7,10-11H2,(H,18,20)/t13-/m1/s1. The fourth-order valence-electron chi connectivity index (χ4n) is 3.38. The van der Waals surface area contributed by atoms with Gasteiger partial charge in [0.25, 0.3) is 0 Å². The minimum absolute atomic E-state index is 0.223. The number of hydrogen-bond acceptors (Lipinski definition) is 5. The molecule has 0 spiro atoms. The third-order valence-corrected chi connectivity index (χ3v) is 4.94. The Labute approximate surface area is 140 Å². The molecule has 2 aromatic heterocycles. The normalized spacial score (nSPS) is 21.2. The summed E-state index contributed by atoms with van der Waals surface area (Å²) in [6, 6.07) is 2.01. The van der Waals surface area contributed by atoms with Crippen LogP contribution in [-0.2, 0) is 11.2 Å². The molecule has 128 valence electrons. The third kappa shape index (κ3) is 3.49. The predicted octanol–water partition coefficient (Wildman–Crippen LogP) is 2.40. The average molecular weight is 329 g/mol. The number of rotatable bonds is 6. The predicted molar refractivity (Wildman–Crippen MR) is 86.4 cm³/mol. The van der Waals surface area contributed by atoms with Crippen molar-refractivity contribution in [3.8, 4) is 0 Å². The highest BCUT2D eigenvalue weighted by Crippen LogP contribution is 2.38. The Balaban J connectivity index is 1.24. The second-order valence-corrected chi connectivity index (χ2v) is 6.87. The minimum atomic E-state index is 0.223. The Hall–Kier alpha value is -2.18. The summed E-state index contributed by atoms with van der Waals surface area (Å²) < 4.78 is 5.26. The van der Waals surface area contributed by atoms with Gasteiger partial charge in [-0.15, -0.1) is 0 Å². The molecule has 0 bridgehead atoms. The summed E-state index contributed by atoms with van der Waals surface area (Å²) in [4.78, 5) is 18.9. The van der Waals surface area contributed by atoms with Crippen LogP contribution in [0.25, 0.3) is 0 Å². The first-order valence-electron chi connectivity index (χ1n) is 8.89. The second kappa shape index (κ2) is 6.75. The van der Waals surface area contributed by atoms with Crippen LogP contribution in [0.5, 0.6) is 0 Å². The zero-order valence-electron chi connectivity index (χ0n) is 13.8. The smallest absolute Gasteiger partial charge is 0.226 e. The molecule has 1 saturated carbocycles. The van der Waals surface area contributed by atoms with Gasteiger partial charge in [0, 0.05) is 49.7 Å². The first-order chi connectivity index (χ1) is 11.8. The van der Waals surface area contributed by atoms with E-state index in [1.807, 2.05) is 11.0 Å². The van der Waals surface area contributed by atoms with Crippen molar-refractivity contribution in [2.24, 2.45) is 0 Å². The molecule has 1 N–H and O–H groups in total. The van der Waals surface area contributed by atoms with E-state index in [1.54, 1.807) is 6.20 Å². The van der Waals surface area contributed by atoms with Gasteiger partial charge < -0.3 is 9.42 Å². The number of carbonyl (C=O) groups excluding carboxylic acids is 1. The van der Waals surface area contributed by atoms with E-state index in [2.05, 4.69) is 20.3 Å². The first kappa shape index (κ1) is 15.4. The molecule has 1 amide bonds. The highest BCUT2D eigenvalue weighted by atomic mass is 16.5. The molecule has 1 aliphatic heterocycles. The Morgan fingerprint density at radius 3 is 3.04 bits per heavy atom. The van der Waals surface area contributed by atoms with Crippen LogP contribution < -0.4 is 0 Å². The minimum Gasteiger partial charge on any atom is -0.342 e. The summed E-state index contributed by atoms with van der Waals surface area (Å²) in [5.74, 6) is 2.62. The molecule has 0 radical (unpaired) electrons. The van der Waals surface area contributed by atoms with Crippen LogP contribution >= 0.6 is 0 Å². The van der Waals surface area contributed by atoms with Gasteiger partial charge >= 0.3 is 0 Å². The fourth-order valence-corrected chi connectivity index (χ4v) is 3.38. The molecular weight excluding hydrogens is 306 g/mol. The maximum atomic E-state index is 12.5. The molecule has 2 aromatic rings. The third-order valence-electron chi connectivity index (χ3n) is 4.94. The van der Waals surface area contributed by atoms with Gasteiger partial charge in [0.1, 0.15) is 0 Å². The molecule has 2 aliphatic rings. The molecular formula is C17H23N5O2. The summed E-state index contributed by atoms with van der Waals surface area (Å²) in [6.45, 7) is 1.64. The number of nitrogens with zero attached hydrogens (tertiary/aromatic N) is 4. The average Bonchev–Trinajstić information content (AvgIpc) is 3.12. The van der Waals surface area contributed by atoms with Crippen molar-refractivity contribution < 1.29 is 9.32 Å². The quantitative estimate of drug-likeness (QED) is 0.879. The van der Waals surface area contributed by atoms with Crippen molar-refractivity contribution in [3.05, 3.63) is 29.7 Å². The van der Waals surface area contributed by atoms with Gasteiger partial charge in [-0.25, -0.2) is 0 Å². The number of amides is 1. The lowest BCUT2D eigenvalue weighted by molar-refractivity contribution is -0.132. The Bertz CT molecular complexity index is 677. The fraction of sp³-hybridized carbons (Fsp3) is 0.647. The van der Waals surface area contributed by atoms with E-state index in [1.165, 1.54) is 12.8 Å². The highest BCUT2D eigenvalue weighted by Gasteiger charge is 2.29. The van der Waals surface area contributed by atoms with Crippen LogP contribution in [0.3, 0.4) is 0 Å². The Morgan fingerprint density at radius 1 is 1.33 bits per heavy atom. The van der Waals surface area contributed by atoms with Crippen LogP contribution in [0.15, 0.2) is 16.8 Å². The number of aromatic nitrogens is 4. The van der Waals surface area contributed by atoms with Crippen molar-refractivity contribution >= 4 is 5.91 Å². The first-order valence-corrected chi connectivity index (χ1v) is 8.89. The van der Waals surface area contributed by atoms with Gasteiger partial charge in [-0.05, 0) is 38.2 Å². The molecule has 4 rings (SSSR count). The lowest BCUT2D eigenvalue weighted by atomic mass is 9.94. The summed E-state index contributed by atoms with van der Waals surface area (Å²) in [7, 11) is 0. The zero-order chi connectivity index (χ0) is 16.4. The van der Waals surface area contributed by atoms with E-state index < -0.39 is 0 Å². The Morgan fingerprint density at radius 2 is 2.25 bits per heavy atom. The molecule has 1 atom stereocenters. The molecule has 24 heavy (non-hydrogen) atoms. The van der Waals surface area contributed by atoms with Gasteiger partial charge in [-0.1, -0.05) is 5.16 Å². The molecule has 1 saturated heterocycles. The topological polar surface area (TPSA) is 87.9 Å². The van der Waals surface area contributed by atoms with Crippen LogP contribution in [0, 0.1) is 0 Å². The van der Waals surface area contributed by atoms with E-state index in [4.69, 9.17) is 4.52 Å². The molecule has 1 aliphatic carbocycles. The summed E-state index contributed by atoms with van der Waals surface area (Å²) in [5, 5.41) is 11.1. The summed E-state index contributed by atoms with van der Waals surface area (Å²) >= 11 is 0. The maximum Gasteiger partial charge on any atom is 0.226 e. The number of piperidine rings is 1. The van der Waals surface area contributed by atoms with Crippen molar-refractivity contribution in [2.75, 3.05) is 13.1 Å². The number of hydrogen-bond donors (Lipinski definition) is 1. The monoisotopic (exact) mass is 329 g/mol. The molecule has 3 heterocycles. The van der Waals surface area contributed by atoms with E-state index >= 15 is 0 Å². The van der Waals surface area contributed by atoms with Gasteiger partial charge in [0.2, 0.25) is 11.8 Å². The number of aromatic amines is 1. The second-order valence-electron chi connectivity index (χ2n) is 6.87. The molecule has 7 nitrogen and oxygen atoms in total. The number of nitrogens with one attached hydrogen (secondary N) is 1. The van der Waals surface area contributed by atoms with Crippen LogP contribution in [0.2, 0.25) is 0 Å². The summed E-state index contributed by atoms with van der Waals surface area (Å²) in [6.07, 6.45) is 8.25.